The summed E-state index contributed by atoms with van der Waals surface area (Å²) in [7, 11) is 0. The summed E-state index contributed by atoms with van der Waals surface area (Å²) >= 11 is 3.29. The predicted octanol–water partition coefficient (Wildman–Crippen LogP) is 2.69. The third-order valence-corrected chi connectivity index (χ3v) is 2.83. The number of aromatic nitrogens is 1. The Hall–Kier alpha value is -0.710. The van der Waals surface area contributed by atoms with Crippen molar-refractivity contribution in [3.05, 3.63) is 22.8 Å². The van der Waals surface area contributed by atoms with Crippen molar-refractivity contribution in [3.63, 3.8) is 0 Å². The molecule has 0 radical (unpaired) electrons. The maximum Gasteiger partial charge on any atom is 0.266 e. The highest BCUT2D eigenvalue weighted by atomic mass is 79.9. The fourth-order valence-electron chi connectivity index (χ4n) is 1.53. The maximum absolute atomic E-state index is 12.9. The molecule has 0 N–H and O–H groups in total. The molecule has 0 unspecified atom stereocenters. The molecule has 2 heterocycles. The van der Waals surface area contributed by atoms with Crippen molar-refractivity contribution in [2.45, 2.75) is 12.3 Å². The third kappa shape index (κ3) is 1.87. The highest BCUT2D eigenvalue weighted by Crippen LogP contribution is 2.32. The van der Waals surface area contributed by atoms with Crippen LogP contribution in [0.2, 0.25) is 0 Å². The molecule has 0 bridgehead atoms. The SMILES string of the molecule is FC1(F)CCN(c2ncccc2Br)C1. The molecule has 0 aromatic carbocycles. The van der Waals surface area contributed by atoms with Crippen LogP contribution < -0.4 is 4.90 Å². The van der Waals surface area contributed by atoms with E-state index in [-0.39, 0.29) is 13.0 Å². The van der Waals surface area contributed by atoms with E-state index in [9.17, 15) is 8.78 Å². The molecule has 1 aromatic heterocycles. The average Bonchev–Trinajstić information content (AvgIpc) is 2.47. The molecule has 0 aliphatic carbocycles. The second kappa shape index (κ2) is 3.46. The van der Waals surface area contributed by atoms with Crippen LogP contribution in [0.25, 0.3) is 0 Å². The Bertz CT molecular complexity index is 343. The number of halogens is 3. The number of hydrogen-bond donors (Lipinski definition) is 0. The number of anilines is 1. The molecule has 5 heteroatoms. The predicted molar refractivity (Wildman–Crippen MR) is 53.7 cm³/mol. The van der Waals surface area contributed by atoms with Gasteiger partial charge in [0.2, 0.25) is 0 Å². The second-order valence-electron chi connectivity index (χ2n) is 3.34. The van der Waals surface area contributed by atoms with Crippen LogP contribution in [0.5, 0.6) is 0 Å². The molecule has 1 saturated heterocycles. The Labute approximate surface area is 89.1 Å². The smallest absolute Gasteiger partial charge is 0.266 e. The van der Waals surface area contributed by atoms with E-state index in [1.807, 2.05) is 0 Å². The molecule has 0 spiro atoms. The van der Waals surface area contributed by atoms with E-state index in [0.717, 1.165) is 4.47 Å². The number of alkyl halides is 2. The summed E-state index contributed by atoms with van der Waals surface area (Å²) in [6.45, 7) is 0.130. The summed E-state index contributed by atoms with van der Waals surface area (Å²) in [6, 6.07) is 3.57. The molecule has 0 amide bonds. The van der Waals surface area contributed by atoms with Crippen LogP contribution in [0.1, 0.15) is 6.42 Å². The second-order valence-corrected chi connectivity index (χ2v) is 4.19. The zero-order valence-electron chi connectivity index (χ0n) is 7.38. The first-order chi connectivity index (χ1) is 6.58. The van der Waals surface area contributed by atoms with E-state index in [1.165, 1.54) is 0 Å². The Morgan fingerprint density at radius 2 is 2.29 bits per heavy atom. The summed E-state index contributed by atoms with van der Waals surface area (Å²) in [6.07, 6.45) is 1.52. The van der Waals surface area contributed by atoms with Gasteiger partial charge in [-0.05, 0) is 28.1 Å². The standard InChI is InChI=1S/C9H9BrF2N2/c10-7-2-1-4-13-8(7)14-5-3-9(11,12)6-14/h1-2,4H,3,5-6H2. The number of nitrogens with zero attached hydrogens (tertiary/aromatic N) is 2. The lowest BCUT2D eigenvalue weighted by molar-refractivity contribution is 0.0256. The van der Waals surface area contributed by atoms with Crippen molar-refractivity contribution in [1.29, 1.82) is 0 Å². The minimum absolute atomic E-state index is 0.0873. The lowest BCUT2D eigenvalue weighted by atomic mass is 10.3. The van der Waals surface area contributed by atoms with Gasteiger partial charge in [0.1, 0.15) is 5.82 Å². The zero-order valence-corrected chi connectivity index (χ0v) is 8.97. The number of pyridine rings is 1. The van der Waals surface area contributed by atoms with Crippen LogP contribution in [0.3, 0.4) is 0 Å². The lowest BCUT2D eigenvalue weighted by Crippen LogP contribution is -2.25. The van der Waals surface area contributed by atoms with Crippen molar-refractivity contribution in [1.82, 2.24) is 4.98 Å². The van der Waals surface area contributed by atoms with Gasteiger partial charge in [0.25, 0.3) is 5.92 Å². The van der Waals surface area contributed by atoms with Crippen LogP contribution in [-0.2, 0) is 0 Å². The molecule has 1 aliphatic rings. The maximum atomic E-state index is 12.9. The topological polar surface area (TPSA) is 16.1 Å². The third-order valence-electron chi connectivity index (χ3n) is 2.21. The molecule has 2 nitrogen and oxygen atoms in total. The molecule has 1 aromatic rings. The van der Waals surface area contributed by atoms with E-state index in [0.29, 0.717) is 12.4 Å². The van der Waals surface area contributed by atoms with E-state index in [1.54, 1.807) is 23.2 Å². The first-order valence-electron chi connectivity index (χ1n) is 4.32. The molecule has 14 heavy (non-hydrogen) atoms. The van der Waals surface area contributed by atoms with E-state index in [2.05, 4.69) is 20.9 Å². The molecular formula is C9H9BrF2N2. The van der Waals surface area contributed by atoms with Gasteiger partial charge in [0, 0.05) is 19.2 Å². The van der Waals surface area contributed by atoms with Gasteiger partial charge in [0.15, 0.2) is 0 Å². The van der Waals surface area contributed by atoms with E-state index < -0.39 is 5.92 Å². The van der Waals surface area contributed by atoms with Gasteiger partial charge >= 0.3 is 0 Å². The molecule has 0 saturated carbocycles. The average molecular weight is 263 g/mol. The molecule has 76 valence electrons. The Kier molecular flexibility index (Phi) is 2.43. The molecule has 1 fully saturated rings. The molecule has 1 aliphatic heterocycles. The van der Waals surface area contributed by atoms with Gasteiger partial charge in [-0.1, -0.05) is 0 Å². The van der Waals surface area contributed by atoms with Crippen LogP contribution in [-0.4, -0.2) is 24.0 Å². The number of hydrogen-bond acceptors (Lipinski definition) is 2. The van der Waals surface area contributed by atoms with Crippen molar-refractivity contribution >= 4 is 21.7 Å². The van der Waals surface area contributed by atoms with Crippen LogP contribution in [0.15, 0.2) is 22.8 Å². The Balaban J connectivity index is 2.22. The molecular weight excluding hydrogens is 254 g/mol. The first kappa shape index (κ1) is 9.83. The van der Waals surface area contributed by atoms with Crippen molar-refractivity contribution in [2.75, 3.05) is 18.0 Å². The van der Waals surface area contributed by atoms with Crippen LogP contribution in [0, 0.1) is 0 Å². The Morgan fingerprint density at radius 1 is 1.50 bits per heavy atom. The minimum Gasteiger partial charge on any atom is -0.349 e. The van der Waals surface area contributed by atoms with Crippen molar-refractivity contribution in [2.24, 2.45) is 0 Å². The van der Waals surface area contributed by atoms with Gasteiger partial charge < -0.3 is 4.90 Å². The minimum atomic E-state index is -2.57. The summed E-state index contributed by atoms with van der Waals surface area (Å²) in [5.74, 6) is -1.97. The van der Waals surface area contributed by atoms with Crippen LogP contribution in [0.4, 0.5) is 14.6 Å². The van der Waals surface area contributed by atoms with Gasteiger partial charge in [-0.3, -0.25) is 0 Å². The largest absolute Gasteiger partial charge is 0.349 e. The first-order valence-corrected chi connectivity index (χ1v) is 5.11. The quantitative estimate of drug-likeness (QED) is 0.774. The molecule has 2 rings (SSSR count). The van der Waals surface area contributed by atoms with Gasteiger partial charge in [-0.25, -0.2) is 13.8 Å². The van der Waals surface area contributed by atoms with Crippen molar-refractivity contribution < 1.29 is 8.78 Å². The fourth-order valence-corrected chi connectivity index (χ4v) is 2.03. The Morgan fingerprint density at radius 3 is 2.86 bits per heavy atom. The number of rotatable bonds is 1. The fraction of sp³-hybridized carbons (Fsp3) is 0.444. The van der Waals surface area contributed by atoms with E-state index >= 15 is 0 Å². The summed E-state index contributed by atoms with van der Waals surface area (Å²) in [4.78, 5) is 5.67. The normalized spacial score (nSPS) is 20.1. The molecule has 0 atom stereocenters. The van der Waals surface area contributed by atoms with Gasteiger partial charge in [0.05, 0.1) is 11.0 Å². The van der Waals surface area contributed by atoms with Gasteiger partial charge in [-0.15, -0.1) is 0 Å². The highest BCUT2D eigenvalue weighted by molar-refractivity contribution is 9.10. The van der Waals surface area contributed by atoms with Gasteiger partial charge in [-0.2, -0.15) is 0 Å². The zero-order chi connectivity index (χ0) is 10.2. The summed E-state index contributed by atoms with van der Waals surface area (Å²) in [5, 5.41) is 0. The monoisotopic (exact) mass is 262 g/mol. The van der Waals surface area contributed by atoms with Crippen molar-refractivity contribution in [3.8, 4) is 0 Å². The van der Waals surface area contributed by atoms with Crippen LogP contribution >= 0.6 is 15.9 Å². The summed E-state index contributed by atoms with van der Waals surface area (Å²) in [5.41, 5.74) is 0. The lowest BCUT2D eigenvalue weighted by Gasteiger charge is -2.17. The van der Waals surface area contributed by atoms with E-state index in [4.69, 9.17) is 0 Å². The highest BCUT2D eigenvalue weighted by Gasteiger charge is 2.39. The summed E-state index contributed by atoms with van der Waals surface area (Å²) < 4.78 is 26.6.